The number of Topliss-reactive ketones (excluding diaryl/α,β-unsaturated/α-hetero) is 1. The molecule has 1 unspecified atom stereocenters. The van der Waals surface area contributed by atoms with E-state index < -0.39 is 5.54 Å². The molecule has 1 aliphatic heterocycles. The number of hydrogen-bond acceptors (Lipinski definition) is 8. The first-order chi connectivity index (χ1) is 14.5. The van der Waals surface area contributed by atoms with Crippen molar-refractivity contribution >= 4 is 5.78 Å². The summed E-state index contributed by atoms with van der Waals surface area (Å²) >= 11 is 0. The fourth-order valence-electron chi connectivity index (χ4n) is 3.94. The Labute approximate surface area is 179 Å². The van der Waals surface area contributed by atoms with Crippen molar-refractivity contribution in [1.29, 1.82) is 0 Å². The quantitative estimate of drug-likeness (QED) is 0.369. The van der Waals surface area contributed by atoms with Crippen LogP contribution in [0.2, 0.25) is 0 Å². The van der Waals surface area contributed by atoms with Gasteiger partial charge < -0.3 is 24.8 Å². The molecule has 2 rings (SSSR count). The molecule has 0 radical (unpaired) electrons. The van der Waals surface area contributed by atoms with E-state index in [-0.39, 0.29) is 32.2 Å². The number of aliphatic hydroxyl groups excluding tert-OH is 3. The lowest BCUT2D eigenvalue weighted by Gasteiger charge is -2.42. The Morgan fingerprint density at radius 2 is 1.83 bits per heavy atom. The lowest BCUT2D eigenvalue weighted by Crippen LogP contribution is -2.56. The average molecular weight is 425 g/mol. The maximum Gasteiger partial charge on any atom is 0.182 e. The van der Waals surface area contributed by atoms with Crippen LogP contribution >= 0.6 is 0 Å². The minimum atomic E-state index is -0.691. The summed E-state index contributed by atoms with van der Waals surface area (Å²) in [5.41, 5.74) is -0.106. The van der Waals surface area contributed by atoms with Gasteiger partial charge in [-0.25, -0.2) is 0 Å². The molecular formula is C22H36N2O6. The van der Waals surface area contributed by atoms with E-state index >= 15 is 0 Å². The second-order valence-electron chi connectivity index (χ2n) is 7.69. The van der Waals surface area contributed by atoms with Crippen molar-refractivity contribution in [3.8, 4) is 5.75 Å². The van der Waals surface area contributed by atoms with Gasteiger partial charge in [-0.1, -0.05) is 12.1 Å². The highest BCUT2D eigenvalue weighted by Crippen LogP contribution is 2.29. The van der Waals surface area contributed by atoms with Crippen LogP contribution in [-0.2, 0) is 4.74 Å². The van der Waals surface area contributed by atoms with Crippen LogP contribution < -0.4 is 4.74 Å². The number of ether oxygens (including phenoxy) is 2. The summed E-state index contributed by atoms with van der Waals surface area (Å²) in [6.45, 7) is 6.48. The SMILES string of the molecule is CC(CCCN(CCO)CCO)(C(=O)c1cccc(OCCO)c1)N1CCOCC1. The van der Waals surface area contributed by atoms with Gasteiger partial charge in [0.05, 0.1) is 38.6 Å². The minimum Gasteiger partial charge on any atom is -0.491 e. The van der Waals surface area contributed by atoms with Crippen molar-refractivity contribution < 1.29 is 29.6 Å². The highest BCUT2D eigenvalue weighted by Gasteiger charge is 2.40. The Bertz CT molecular complexity index is 632. The first-order valence-corrected chi connectivity index (χ1v) is 10.7. The third-order valence-corrected chi connectivity index (χ3v) is 5.62. The minimum absolute atomic E-state index is 0.0368. The van der Waals surface area contributed by atoms with Crippen molar-refractivity contribution in [1.82, 2.24) is 9.80 Å². The molecule has 1 heterocycles. The van der Waals surface area contributed by atoms with Crippen LogP contribution in [0.25, 0.3) is 0 Å². The average Bonchev–Trinajstić information content (AvgIpc) is 2.78. The lowest BCUT2D eigenvalue weighted by atomic mass is 9.84. The predicted octanol–water partition coefficient (Wildman–Crippen LogP) is 0.398. The molecule has 30 heavy (non-hydrogen) atoms. The molecule has 1 aromatic rings. The molecule has 1 aliphatic rings. The fourth-order valence-corrected chi connectivity index (χ4v) is 3.94. The van der Waals surface area contributed by atoms with Crippen LogP contribution in [-0.4, -0.2) is 109 Å². The number of carbonyl (C=O) groups is 1. The van der Waals surface area contributed by atoms with E-state index in [1.165, 1.54) is 0 Å². The van der Waals surface area contributed by atoms with Crippen molar-refractivity contribution in [3.05, 3.63) is 29.8 Å². The molecule has 3 N–H and O–H groups in total. The molecular weight excluding hydrogens is 388 g/mol. The van der Waals surface area contributed by atoms with E-state index in [9.17, 15) is 15.0 Å². The summed E-state index contributed by atoms with van der Waals surface area (Å²) in [5, 5.41) is 27.4. The number of ketones is 1. The predicted molar refractivity (Wildman–Crippen MR) is 114 cm³/mol. The highest BCUT2D eigenvalue weighted by molar-refractivity contribution is 6.03. The van der Waals surface area contributed by atoms with E-state index in [1.54, 1.807) is 24.3 Å². The zero-order chi connectivity index (χ0) is 21.8. The van der Waals surface area contributed by atoms with Gasteiger partial charge in [0.1, 0.15) is 12.4 Å². The lowest BCUT2D eigenvalue weighted by molar-refractivity contribution is -0.0133. The summed E-state index contributed by atoms with van der Waals surface area (Å²) in [4.78, 5) is 17.8. The molecule has 0 aromatic heterocycles. The van der Waals surface area contributed by atoms with Gasteiger partial charge in [-0.15, -0.1) is 0 Å². The first-order valence-electron chi connectivity index (χ1n) is 10.7. The Morgan fingerprint density at radius 3 is 2.47 bits per heavy atom. The molecule has 1 saturated heterocycles. The van der Waals surface area contributed by atoms with E-state index in [4.69, 9.17) is 14.6 Å². The molecule has 1 aromatic carbocycles. The van der Waals surface area contributed by atoms with Crippen LogP contribution in [0.4, 0.5) is 0 Å². The van der Waals surface area contributed by atoms with Crippen molar-refractivity contribution in [3.63, 3.8) is 0 Å². The zero-order valence-electron chi connectivity index (χ0n) is 18.0. The normalized spacial score (nSPS) is 17.1. The second-order valence-corrected chi connectivity index (χ2v) is 7.69. The van der Waals surface area contributed by atoms with Crippen LogP contribution in [0, 0.1) is 0 Å². The van der Waals surface area contributed by atoms with Crippen molar-refractivity contribution in [2.24, 2.45) is 0 Å². The summed E-state index contributed by atoms with van der Waals surface area (Å²) in [7, 11) is 0. The van der Waals surface area contributed by atoms with E-state index in [0.29, 0.717) is 63.7 Å². The van der Waals surface area contributed by atoms with Gasteiger partial charge in [-0.05, 0) is 38.4 Å². The summed E-state index contributed by atoms with van der Waals surface area (Å²) < 4.78 is 11.0. The largest absolute Gasteiger partial charge is 0.491 e. The van der Waals surface area contributed by atoms with Gasteiger partial charge in [-0.3, -0.25) is 14.6 Å². The van der Waals surface area contributed by atoms with Gasteiger partial charge in [0.15, 0.2) is 5.78 Å². The second kappa shape index (κ2) is 13.0. The molecule has 0 amide bonds. The Kier molecular flexibility index (Phi) is 10.7. The smallest absolute Gasteiger partial charge is 0.182 e. The number of aliphatic hydroxyl groups is 3. The molecule has 1 fully saturated rings. The standard InChI is InChI=1S/C22H36N2O6/c1-22(24-10-15-29-16-11-24,6-3-7-23(8-12-25)9-13-26)21(28)19-4-2-5-20(18-19)30-17-14-27/h2,4-5,18,25-27H,3,6-17H2,1H3. The third-order valence-electron chi connectivity index (χ3n) is 5.62. The highest BCUT2D eigenvalue weighted by atomic mass is 16.5. The van der Waals surface area contributed by atoms with E-state index in [2.05, 4.69) is 4.90 Å². The number of morpholine rings is 1. The van der Waals surface area contributed by atoms with Crippen molar-refractivity contribution in [2.75, 3.05) is 72.4 Å². The van der Waals surface area contributed by atoms with Gasteiger partial charge in [-0.2, -0.15) is 0 Å². The van der Waals surface area contributed by atoms with Crippen LogP contribution in [0.5, 0.6) is 5.75 Å². The maximum atomic E-state index is 13.6. The number of carbonyl (C=O) groups excluding carboxylic acids is 1. The fraction of sp³-hybridized carbons (Fsp3) is 0.682. The monoisotopic (exact) mass is 424 g/mol. The van der Waals surface area contributed by atoms with E-state index in [0.717, 1.165) is 6.42 Å². The Balaban J connectivity index is 2.15. The molecule has 8 nitrogen and oxygen atoms in total. The van der Waals surface area contributed by atoms with Gasteiger partial charge in [0.2, 0.25) is 0 Å². The Morgan fingerprint density at radius 1 is 1.13 bits per heavy atom. The summed E-state index contributed by atoms with van der Waals surface area (Å²) in [5.74, 6) is 0.603. The van der Waals surface area contributed by atoms with Crippen LogP contribution in [0.3, 0.4) is 0 Å². The zero-order valence-corrected chi connectivity index (χ0v) is 18.0. The number of rotatable bonds is 14. The Hall–Kier alpha value is -1.55. The van der Waals surface area contributed by atoms with Gasteiger partial charge in [0, 0.05) is 31.7 Å². The summed E-state index contributed by atoms with van der Waals surface area (Å²) in [6.07, 6.45) is 1.42. The van der Waals surface area contributed by atoms with Gasteiger partial charge in [0.25, 0.3) is 0 Å². The molecule has 0 bridgehead atoms. The first kappa shape index (κ1) is 24.7. The molecule has 0 aliphatic carbocycles. The molecule has 170 valence electrons. The molecule has 0 spiro atoms. The van der Waals surface area contributed by atoms with Crippen LogP contribution in [0.1, 0.15) is 30.1 Å². The summed E-state index contributed by atoms with van der Waals surface area (Å²) in [6, 6.07) is 7.11. The third kappa shape index (κ3) is 7.01. The number of hydrogen-bond donors (Lipinski definition) is 3. The van der Waals surface area contributed by atoms with Crippen LogP contribution in [0.15, 0.2) is 24.3 Å². The topological polar surface area (TPSA) is 103 Å². The number of nitrogens with zero attached hydrogens (tertiary/aromatic N) is 2. The number of benzene rings is 1. The maximum absolute atomic E-state index is 13.6. The molecule has 8 heteroatoms. The van der Waals surface area contributed by atoms with Crippen molar-refractivity contribution in [2.45, 2.75) is 25.3 Å². The molecule has 1 atom stereocenters. The molecule has 0 saturated carbocycles. The van der Waals surface area contributed by atoms with Gasteiger partial charge >= 0.3 is 0 Å². The van der Waals surface area contributed by atoms with E-state index in [1.807, 2.05) is 11.8 Å².